The van der Waals surface area contributed by atoms with Gasteiger partial charge in [-0.2, -0.15) is 0 Å². The Hall–Kier alpha value is -3.35. The molecule has 168 valence electrons. The summed E-state index contributed by atoms with van der Waals surface area (Å²) in [7, 11) is 0. The van der Waals surface area contributed by atoms with Crippen LogP contribution in [0.25, 0.3) is 11.1 Å². The normalized spacial score (nSPS) is 20.5. The minimum absolute atomic E-state index is 0.0324. The van der Waals surface area contributed by atoms with Crippen LogP contribution in [0.5, 0.6) is 0 Å². The lowest BCUT2D eigenvalue weighted by molar-refractivity contribution is -0.142. The number of benzene rings is 2. The van der Waals surface area contributed by atoms with Crippen LogP contribution < -0.4 is 10.6 Å². The van der Waals surface area contributed by atoms with Crippen molar-refractivity contribution < 1.29 is 24.2 Å². The molecule has 3 atom stereocenters. The summed E-state index contributed by atoms with van der Waals surface area (Å²) in [5.41, 5.74) is 4.60. The number of ether oxygens (including phenoxy) is 1. The molecule has 7 heteroatoms. The highest BCUT2D eigenvalue weighted by molar-refractivity contribution is 5.85. The number of carbonyl (C=O) groups excluding carboxylic acids is 2. The molecule has 0 aromatic heterocycles. The first-order valence-corrected chi connectivity index (χ1v) is 11.1. The van der Waals surface area contributed by atoms with Gasteiger partial charge in [0.15, 0.2) is 0 Å². The van der Waals surface area contributed by atoms with Crippen molar-refractivity contribution in [2.75, 3.05) is 6.61 Å². The fourth-order valence-corrected chi connectivity index (χ4v) is 4.79. The number of hydrogen-bond acceptors (Lipinski definition) is 4. The van der Waals surface area contributed by atoms with Crippen LogP contribution in [0.3, 0.4) is 0 Å². The van der Waals surface area contributed by atoms with Crippen molar-refractivity contribution in [1.82, 2.24) is 10.6 Å². The molecule has 2 amide bonds. The van der Waals surface area contributed by atoms with E-state index < -0.39 is 24.0 Å². The van der Waals surface area contributed by atoms with Crippen LogP contribution in [0.4, 0.5) is 4.79 Å². The number of fused-ring (bicyclic) bond motifs is 3. The molecule has 0 bridgehead atoms. The lowest BCUT2D eigenvalue weighted by Gasteiger charge is -2.31. The molecule has 2 aromatic carbocycles. The number of nitrogens with one attached hydrogen (secondary N) is 2. The number of carboxylic acids is 1. The summed E-state index contributed by atoms with van der Waals surface area (Å²) in [5.74, 6) is -1.93. The molecule has 2 aromatic rings. The standard InChI is InChI=1S/C25H28N2O5/c1-15(24(29)30)26-23(28)20-12-6-7-13-22(20)27-25(31)32-14-21-18-10-4-2-8-16(18)17-9-3-5-11-19(17)21/h2-5,8-11,15,20-22H,6-7,12-14H2,1H3,(H,26,28)(H,27,31)(H,29,30)/t15-,20?,22?/m0/s1. The van der Waals surface area contributed by atoms with E-state index in [-0.39, 0.29) is 24.5 Å². The predicted octanol–water partition coefficient (Wildman–Crippen LogP) is 3.67. The lowest BCUT2D eigenvalue weighted by Crippen LogP contribution is -2.51. The number of aliphatic carboxylic acids is 1. The quantitative estimate of drug-likeness (QED) is 0.641. The lowest BCUT2D eigenvalue weighted by atomic mass is 9.83. The van der Waals surface area contributed by atoms with Crippen molar-refractivity contribution in [1.29, 1.82) is 0 Å². The van der Waals surface area contributed by atoms with Crippen LogP contribution in [0.1, 0.15) is 49.7 Å². The van der Waals surface area contributed by atoms with E-state index in [1.54, 1.807) is 0 Å². The molecule has 0 saturated heterocycles. The van der Waals surface area contributed by atoms with Gasteiger partial charge in [-0.3, -0.25) is 9.59 Å². The molecule has 32 heavy (non-hydrogen) atoms. The first-order valence-electron chi connectivity index (χ1n) is 11.1. The maximum Gasteiger partial charge on any atom is 0.407 e. The van der Waals surface area contributed by atoms with Gasteiger partial charge in [-0.15, -0.1) is 0 Å². The van der Waals surface area contributed by atoms with Gasteiger partial charge >= 0.3 is 12.1 Å². The summed E-state index contributed by atoms with van der Waals surface area (Å²) in [6.07, 6.45) is 2.47. The molecular weight excluding hydrogens is 408 g/mol. The van der Waals surface area contributed by atoms with E-state index in [1.807, 2.05) is 24.3 Å². The predicted molar refractivity (Wildman–Crippen MR) is 119 cm³/mol. The highest BCUT2D eigenvalue weighted by Crippen LogP contribution is 2.44. The third-order valence-electron chi connectivity index (χ3n) is 6.48. The molecule has 1 saturated carbocycles. The number of amides is 2. The van der Waals surface area contributed by atoms with Crippen LogP contribution in [0, 0.1) is 5.92 Å². The van der Waals surface area contributed by atoms with E-state index in [2.05, 4.69) is 34.9 Å². The Balaban J connectivity index is 1.39. The highest BCUT2D eigenvalue weighted by Gasteiger charge is 2.34. The van der Waals surface area contributed by atoms with E-state index in [1.165, 1.54) is 6.92 Å². The van der Waals surface area contributed by atoms with Gasteiger partial charge in [0.25, 0.3) is 0 Å². The maximum absolute atomic E-state index is 12.6. The van der Waals surface area contributed by atoms with Crippen LogP contribution in [-0.4, -0.2) is 41.8 Å². The second kappa shape index (κ2) is 9.42. The number of rotatable bonds is 6. The smallest absolute Gasteiger partial charge is 0.407 e. The Labute approximate surface area is 187 Å². The average molecular weight is 437 g/mol. The van der Waals surface area contributed by atoms with Crippen molar-refractivity contribution >= 4 is 18.0 Å². The van der Waals surface area contributed by atoms with E-state index in [0.717, 1.165) is 35.1 Å². The number of hydrogen-bond donors (Lipinski definition) is 3. The van der Waals surface area contributed by atoms with Crippen molar-refractivity contribution in [2.24, 2.45) is 5.92 Å². The highest BCUT2D eigenvalue weighted by atomic mass is 16.5. The van der Waals surface area contributed by atoms with Gasteiger partial charge in [-0.05, 0) is 42.0 Å². The Kier molecular flexibility index (Phi) is 6.44. The molecule has 2 aliphatic carbocycles. The SMILES string of the molecule is C[C@H](NC(=O)C1CCCCC1NC(=O)OCC1c2ccccc2-c2ccccc21)C(=O)O. The Morgan fingerprint density at radius 1 is 1.00 bits per heavy atom. The van der Waals surface area contributed by atoms with E-state index >= 15 is 0 Å². The molecule has 0 spiro atoms. The zero-order valence-electron chi connectivity index (χ0n) is 18.0. The number of alkyl carbamates (subject to hydrolysis) is 1. The summed E-state index contributed by atoms with van der Waals surface area (Å²) in [6.45, 7) is 1.64. The third-order valence-corrected chi connectivity index (χ3v) is 6.48. The molecule has 3 N–H and O–H groups in total. The van der Waals surface area contributed by atoms with Crippen LogP contribution in [0.15, 0.2) is 48.5 Å². The minimum Gasteiger partial charge on any atom is -0.480 e. The second-order valence-electron chi connectivity index (χ2n) is 8.54. The summed E-state index contributed by atoms with van der Waals surface area (Å²) >= 11 is 0. The molecule has 0 aliphatic heterocycles. The summed E-state index contributed by atoms with van der Waals surface area (Å²) < 4.78 is 5.61. The van der Waals surface area contributed by atoms with E-state index in [9.17, 15) is 14.4 Å². The fraction of sp³-hybridized carbons (Fsp3) is 0.400. The Morgan fingerprint density at radius 2 is 1.59 bits per heavy atom. The van der Waals surface area contributed by atoms with E-state index in [4.69, 9.17) is 9.84 Å². The first-order chi connectivity index (χ1) is 15.5. The summed E-state index contributed by atoms with van der Waals surface area (Å²) in [4.78, 5) is 36.3. The van der Waals surface area contributed by atoms with Gasteiger partial charge in [-0.25, -0.2) is 4.79 Å². The summed E-state index contributed by atoms with van der Waals surface area (Å²) in [5, 5.41) is 14.4. The number of carbonyl (C=O) groups is 3. The van der Waals surface area contributed by atoms with Crippen LogP contribution in [-0.2, 0) is 14.3 Å². The zero-order chi connectivity index (χ0) is 22.7. The topological polar surface area (TPSA) is 105 Å². The van der Waals surface area contributed by atoms with Gasteiger partial charge in [0, 0.05) is 12.0 Å². The molecule has 7 nitrogen and oxygen atoms in total. The molecule has 1 fully saturated rings. The molecule has 4 rings (SSSR count). The molecular formula is C25H28N2O5. The zero-order valence-corrected chi connectivity index (χ0v) is 18.0. The van der Waals surface area contributed by atoms with Crippen LogP contribution >= 0.6 is 0 Å². The molecule has 0 heterocycles. The van der Waals surface area contributed by atoms with Gasteiger partial charge in [0.05, 0.1) is 5.92 Å². The first kappa shape index (κ1) is 21.9. The average Bonchev–Trinajstić information content (AvgIpc) is 3.11. The minimum atomic E-state index is -1.09. The number of carboxylic acid groups (broad SMARTS) is 1. The third kappa shape index (κ3) is 4.47. The largest absolute Gasteiger partial charge is 0.480 e. The van der Waals surface area contributed by atoms with Gasteiger partial charge in [0.2, 0.25) is 5.91 Å². The molecule has 0 radical (unpaired) electrons. The van der Waals surface area contributed by atoms with Gasteiger partial charge < -0.3 is 20.5 Å². The molecule has 2 aliphatic rings. The van der Waals surface area contributed by atoms with Crippen LogP contribution in [0.2, 0.25) is 0 Å². The van der Waals surface area contributed by atoms with Crippen molar-refractivity contribution in [3.63, 3.8) is 0 Å². The summed E-state index contributed by atoms with van der Waals surface area (Å²) in [6, 6.07) is 14.9. The van der Waals surface area contributed by atoms with Gasteiger partial charge in [-0.1, -0.05) is 61.4 Å². The Morgan fingerprint density at radius 3 is 2.22 bits per heavy atom. The van der Waals surface area contributed by atoms with Gasteiger partial charge in [0.1, 0.15) is 12.6 Å². The van der Waals surface area contributed by atoms with E-state index in [0.29, 0.717) is 12.8 Å². The fourth-order valence-electron chi connectivity index (χ4n) is 4.79. The van der Waals surface area contributed by atoms with Crippen molar-refractivity contribution in [3.8, 4) is 11.1 Å². The maximum atomic E-state index is 12.6. The van der Waals surface area contributed by atoms with Crippen molar-refractivity contribution in [3.05, 3.63) is 59.7 Å². The van der Waals surface area contributed by atoms with Crippen molar-refractivity contribution in [2.45, 2.75) is 50.6 Å². The Bertz CT molecular complexity index is 975. The second-order valence-corrected chi connectivity index (χ2v) is 8.54. The monoisotopic (exact) mass is 436 g/mol. The molecule has 2 unspecified atom stereocenters.